The SMILES string of the molecule is O=C(Nc1ccn(Cc2ccc(Cl)c(Cl)c2)n1)c1ccc(Br)cc1. The third-order valence-corrected chi connectivity index (χ3v) is 4.58. The van der Waals surface area contributed by atoms with Gasteiger partial charge in [0.2, 0.25) is 0 Å². The van der Waals surface area contributed by atoms with E-state index in [1.54, 1.807) is 41.2 Å². The molecule has 3 rings (SSSR count). The van der Waals surface area contributed by atoms with Crippen LogP contribution in [0.4, 0.5) is 5.82 Å². The summed E-state index contributed by atoms with van der Waals surface area (Å²) in [5.74, 6) is 0.283. The molecule has 0 fully saturated rings. The van der Waals surface area contributed by atoms with E-state index in [1.165, 1.54) is 0 Å². The zero-order chi connectivity index (χ0) is 17.1. The van der Waals surface area contributed by atoms with Gasteiger partial charge in [0.15, 0.2) is 5.82 Å². The van der Waals surface area contributed by atoms with Crippen LogP contribution in [0.2, 0.25) is 10.0 Å². The molecule has 2 aromatic carbocycles. The quantitative estimate of drug-likeness (QED) is 0.621. The van der Waals surface area contributed by atoms with Gasteiger partial charge in [0, 0.05) is 22.3 Å². The molecule has 0 aliphatic carbocycles. The highest BCUT2D eigenvalue weighted by molar-refractivity contribution is 9.10. The Hall–Kier alpha value is -1.82. The van der Waals surface area contributed by atoms with Gasteiger partial charge in [0.25, 0.3) is 5.91 Å². The van der Waals surface area contributed by atoms with E-state index in [1.807, 2.05) is 18.2 Å². The summed E-state index contributed by atoms with van der Waals surface area (Å²) < 4.78 is 2.64. The second-order valence-corrected chi connectivity index (χ2v) is 6.84. The van der Waals surface area contributed by atoms with Crippen LogP contribution in [0.25, 0.3) is 0 Å². The highest BCUT2D eigenvalue weighted by Gasteiger charge is 2.08. The Morgan fingerprint density at radius 3 is 2.54 bits per heavy atom. The predicted molar refractivity (Wildman–Crippen MR) is 99.9 cm³/mol. The van der Waals surface area contributed by atoms with E-state index in [9.17, 15) is 4.79 Å². The molecule has 0 radical (unpaired) electrons. The van der Waals surface area contributed by atoms with Crippen LogP contribution >= 0.6 is 39.1 Å². The number of carbonyl (C=O) groups excluding carboxylic acids is 1. The normalized spacial score (nSPS) is 10.6. The van der Waals surface area contributed by atoms with Crippen molar-refractivity contribution in [1.82, 2.24) is 9.78 Å². The summed E-state index contributed by atoms with van der Waals surface area (Å²) in [6.07, 6.45) is 1.79. The summed E-state index contributed by atoms with van der Waals surface area (Å²) in [5.41, 5.74) is 1.54. The molecule has 24 heavy (non-hydrogen) atoms. The predicted octanol–water partition coefficient (Wildman–Crippen LogP) is 5.25. The number of aromatic nitrogens is 2. The highest BCUT2D eigenvalue weighted by Crippen LogP contribution is 2.23. The second-order valence-electron chi connectivity index (χ2n) is 5.11. The first-order valence-corrected chi connectivity index (χ1v) is 8.60. The Morgan fingerprint density at radius 2 is 1.83 bits per heavy atom. The van der Waals surface area contributed by atoms with Crippen LogP contribution < -0.4 is 5.32 Å². The average Bonchev–Trinajstić information content (AvgIpc) is 2.98. The lowest BCUT2D eigenvalue weighted by atomic mass is 10.2. The van der Waals surface area contributed by atoms with Gasteiger partial charge in [-0.25, -0.2) is 0 Å². The lowest BCUT2D eigenvalue weighted by Gasteiger charge is -2.04. The maximum absolute atomic E-state index is 12.2. The number of hydrogen-bond acceptors (Lipinski definition) is 2. The molecule has 122 valence electrons. The van der Waals surface area contributed by atoms with Crippen LogP contribution in [0.15, 0.2) is 59.2 Å². The van der Waals surface area contributed by atoms with Crippen LogP contribution in [-0.2, 0) is 6.54 Å². The Balaban J connectivity index is 1.67. The molecule has 0 bridgehead atoms. The fraction of sp³-hybridized carbons (Fsp3) is 0.0588. The molecule has 0 spiro atoms. The summed E-state index contributed by atoms with van der Waals surface area (Å²) in [6, 6.07) is 14.3. The molecule has 1 amide bonds. The van der Waals surface area contributed by atoms with Crippen molar-refractivity contribution < 1.29 is 4.79 Å². The van der Waals surface area contributed by atoms with Gasteiger partial charge in [-0.2, -0.15) is 5.10 Å². The maximum Gasteiger partial charge on any atom is 0.256 e. The number of amides is 1. The molecule has 1 heterocycles. The van der Waals surface area contributed by atoms with Crippen molar-refractivity contribution in [3.8, 4) is 0 Å². The summed E-state index contributed by atoms with van der Waals surface area (Å²) >= 11 is 15.3. The van der Waals surface area contributed by atoms with E-state index in [4.69, 9.17) is 23.2 Å². The molecule has 0 aliphatic heterocycles. The van der Waals surface area contributed by atoms with Gasteiger partial charge >= 0.3 is 0 Å². The minimum atomic E-state index is -0.206. The fourth-order valence-electron chi connectivity index (χ4n) is 2.13. The van der Waals surface area contributed by atoms with Crippen molar-refractivity contribution in [1.29, 1.82) is 0 Å². The lowest BCUT2D eigenvalue weighted by Crippen LogP contribution is -2.12. The minimum absolute atomic E-state index is 0.206. The smallest absolute Gasteiger partial charge is 0.256 e. The van der Waals surface area contributed by atoms with E-state index < -0.39 is 0 Å². The van der Waals surface area contributed by atoms with E-state index in [0.29, 0.717) is 28.0 Å². The van der Waals surface area contributed by atoms with Crippen LogP contribution in [0.5, 0.6) is 0 Å². The van der Waals surface area contributed by atoms with Crippen molar-refractivity contribution in [2.45, 2.75) is 6.54 Å². The van der Waals surface area contributed by atoms with Gasteiger partial charge in [0.1, 0.15) is 0 Å². The fourth-order valence-corrected chi connectivity index (χ4v) is 2.72. The molecule has 0 atom stereocenters. The van der Waals surface area contributed by atoms with Crippen LogP contribution in [0, 0.1) is 0 Å². The number of nitrogens with zero attached hydrogens (tertiary/aromatic N) is 2. The second kappa shape index (κ2) is 7.38. The average molecular weight is 425 g/mol. The Bertz CT molecular complexity index is 878. The van der Waals surface area contributed by atoms with Crippen molar-refractivity contribution in [2.24, 2.45) is 0 Å². The van der Waals surface area contributed by atoms with Gasteiger partial charge in [0.05, 0.1) is 16.6 Å². The Kier molecular flexibility index (Phi) is 5.23. The van der Waals surface area contributed by atoms with Crippen molar-refractivity contribution in [3.05, 3.63) is 80.4 Å². The van der Waals surface area contributed by atoms with Gasteiger partial charge in [-0.05, 0) is 42.0 Å². The molecule has 7 heteroatoms. The maximum atomic E-state index is 12.2. The molecule has 0 saturated heterocycles. The third-order valence-electron chi connectivity index (χ3n) is 3.32. The van der Waals surface area contributed by atoms with Crippen molar-refractivity contribution >= 4 is 50.9 Å². The van der Waals surface area contributed by atoms with Gasteiger partial charge in [-0.1, -0.05) is 45.2 Å². The zero-order valence-electron chi connectivity index (χ0n) is 12.3. The largest absolute Gasteiger partial charge is 0.305 e. The van der Waals surface area contributed by atoms with E-state index >= 15 is 0 Å². The summed E-state index contributed by atoms with van der Waals surface area (Å²) in [7, 11) is 0. The number of anilines is 1. The first kappa shape index (κ1) is 17.0. The number of rotatable bonds is 4. The number of halogens is 3. The minimum Gasteiger partial charge on any atom is -0.305 e. The lowest BCUT2D eigenvalue weighted by molar-refractivity contribution is 0.102. The molecule has 3 aromatic rings. The molecule has 0 saturated carbocycles. The topological polar surface area (TPSA) is 46.9 Å². The Labute approximate surface area is 157 Å². The molecule has 0 aliphatic rings. The van der Waals surface area contributed by atoms with Gasteiger partial charge < -0.3 is 5.32 Å². The van der Waals surface area contributed by atoms with Crippen molar-refractivity contribution in [2.75, 3.05) is 5.32 Å². The summed E-state index contributed by atoms with van der Waals surface area (Å²) in [5, 5.41) is 8.13. The first-order valence-electron chi connectivity index (χ1n) is 7.05. The van der Waals surface area contributed by atoms with Crippen molar-refractivity contribution in [3.63, 3.8) is 0 Å². The summed E-state index contributed by atoms with van der Waals surface area (Å²) in [6.45, 7) is 0.533. The van der Waals surface area contributed by atoms with Gasteiger partial charge in [-0.15, -0.1) is 0 Å². The number of carbonyl (C=O) groups is 1. The van der Waals surface area contributed by atoms with Gasteiger partial charge in [-0.3, -0.25) is 9.48 Å². The molecule has 1 N–H and O–H groups in total. The summed E-state index contributed by atoms with van der Waals surface area (Å²) in [4.78, 5) is 12.2. The number of nitrogens with one attached hydrogen (secondary N) is 1. The molecular formula is C17H12BrCl2N3O. The standard InChI is InChI=1S/C17H12BrCl2N3O/c18-13-4-2-12(3-5-13)17(24)21-16-7-8-23(22-16)10-11-1-6-14(19)15(20)9-11/h1-9H,10H2,(H,21,22,24). The third kappa shape index (κ3) is 4.17. The van der Waals surface area contributed by atoms with Crippen LogP contribution in [0.1, 0.15) is 15.9 Å². The Morgan fingerprint density at radius 1 is 1.08 bits per heavy atom. The highest BCUT2D eigenvalue weighted by atomic mass is 79.9. The molecule has 1 aromatic heterocycles. The van der Waals surface area contributed by atoms with Crippen LogP contribution in [0.3, 0.4) is 0 Å². The van der Waals surface area contributed by atoms with E-state index in [2.05, 4.69) is 26.3 Å². The van der Waals surface area contributed by atoms with E-state index in [-0.39, 0.29) is 5.91 Å². The number of benzene rings is 2. The first-order chi connectivity index (χ1) is 11.5. The zero-order valence-corrected chi connectivity index (χ0v) is 15.4. The molecule has 4 nitrogen and oxygen atoms in total. The number of hydrogen-bond donors (Lipinski definition) is 1. The molecule has 0 unspecified atom stereocenters. The monoisotopic (exact) mass is 423 g/mol. The van der Waals surface area contributed by atoms with E-state index in [0.717, 1.165) is 10.0 Å². The molecular weight excluding hydrogens is 413 g/mol. The van der Waals surface area contributed by atoms with Crippen LogP contribution in [-0.4, -0.2) is 15.7 Å².